The number of amides is 1. The lowest BCUT2D eigenvalue weighted by Crippen LogP contribution is -2.39. The average molecular weight is 242 g/mol. The van der Waals surface area contributed by atoms with E-state index in [1.165, 1.54) is 0 Å². The smallest absolute Gasteiger partial charge is 0.303 e. The van der Waals surface area contributed by atoms with Gasteiger partial charge in [0.2, 0.25) is 5.91 Å². The fourth-order valence-corrected chi connectivity index (χ4v) is 2.26. The van der Waals surface area contributed by atoms with Crippen LogP contribution in [-0.2, 0) is 9.59 Å². The van der Waals surface area contributed by atoms with Gasteiger partial charge in [-0.15, -0.1) is 0 Å². The fourth-order valence-electron chi connectivity index (χ4n) is 2.26. The fraction of sp³-hybridized carbons (Fsp3) is 0.833. The third kappa shape index (κ3) is 5.17. The highest BCUT2D eigenvalue weighted by atomic mass is 16.4. The molecule has 3 atom stereocenters. The molecule has 0 radical (unpaired) electrons. The molecule has 1 rings (SSSR count). The molecule has 3 unspecified atom stereocenters. The van der Waals surface area contributed by atoms with Crippen LogP contribution in [0.5, 0.6) is 0 Å². The minimum Gasteiger partial charge on any atom is -0.481 e. The minimum atomic E-state index is -0.827. The van der Waals surface area contributed by atoms with Crippen LogP contribution in [-0.4, -0.2) is 29.6 Å². The zero-order valence-electron chi connectivity index (χ0n) is 10.3. The maximum Gasteiger partial charge on any atom is 0.303 e. The molecule has 1 aliphatic carbocycles. The predicted octanol–water partition coefficient (Wildman–Crippen LogP) is 0.731. The van der Waals surface area contributed by atoms with Gasteiger partial charge in [-0.3, -0.25) is 9.59 Å². The van der Waals surface area contributed by atoms with Crippen molar-refractivity contribution in [2.24, 2.45) is 17.6 Å². The second-order valence-electron chi connectivity index (χ2n) is 5.07. The number of carboxylic acids is 1. The van der Waals surface area contributed by atoms with Crippen molar-refractivity contribution in [3.05, 3.63) is 0 Å². The van der Waals surface area contributed by atoms with E-state index in [4.69, 9.17) is 10.8 Å². The molecule has 0 saturated heterocycles. The second kappa shape index (κ2) is 6.59. The highest BCUT2D eigenvalue weighted by molar-refractivity contribution is 5.78. The van der Waals surface area contributed by atoms with Crippen molar-refractivity contribution >= 4 is 11.9 Å². The van der Waals surface area contributed by atoms with Crippen LogP contribution in [0.15, 0.2) is 0 Å². The quantitative estimate of drug-likeness (QED) is 0.662. The Morgan fingerprint density at radius 1 is 1.47 bits per heavy atom. The van der Waals surface area contributed by atoms with E-state index in [-0.39, 0.29) is 30.2 Å². The maximum absolute atomic E-state index is 11.8. The first-order valence-electron chi connectivity index (χ1n) is 6.24. The van der Waals surface area contributed by atoms with Crippen molar-refractivity contribution in [1.29, 1.82) is 0 Å². The summed E-state index contributed by atoms with van der Waals surface area (Å²) in [7, 11) is 0. The lowest BCUT2D eigenvalue weighted by molar-refractivity contribution is -0.138. The summed E-state index contributed by atoms with van der Waals surface area (Å²) < 4.78 is 0. The van der Waals surface area contributed by atoms with Gasteiger partial charge in [-0.25, -0.2) is 0 Å². The van der Waals surface area contributed by atoms with Gasteiger partial charge in [-0.05, 0) is 25.2 Å². The van der Waals surface area contributed by atoms with Gasteiger partial charge in [-0.1, -0.05) is 13.3 Å². The van der Waals surface area contributed by atoms with Crippen LogP contribution in [0.4, 0.5) is 0 Å². The Kier molecular flexibility index (Phi) is 5.41. The maximum atomic E-state index is 11.8. The lowest BCUT2D eigenvalue weighted by atomic mass is 9.85. The number of carboxylic acid groups (broad SMARTS) is 1. The molecule has 5 nitrogen and oxygen atoms in total. The highest BCUT2D eigenvalue weighted by Gasteiger charge is 2.25. The number of aliphatic carboxylic acids is 1. The minimum absolute atomic E-state index is 0.00998. The van der Waals surface area contributed by atoms with E-state index in [1.807, 2.05) is 6.92 Å². The van der Waals surface area contributed by atoms with Gasteiger partial charge < -0.3 is 16.2 Å². The molecule has 0 aromatic rings. The largest absolute Gasteiger partial charge is 0.481 e. The Hall–Kier alpha value is -1.10. The monoisotopic (exact) mass is 242 g/mol. The van der Waals surface area contributed by atoms with E-state index in [2.05, 4.69) is 5.32 Å². The van der Waals surface area contributed by atoms with Gasteiger partial charge in [-0.2, -0.15) is 0 Å². The van der Waals surface area contributed by atoms with E-state index in [0.717, 1.165) is 25.7 Å². The molecule has 1 amide bonds. The highest BCUT2D eigenvalue weighted by Crippen LogP contribution is 2.23. The first kappa shape index (κ1) is 14.0. The van der Waals surface area contributed by atoms with E-state index < -0.39 is 5.97 Å². The average Bonchev–Trinajstić information content (AvgIpc) is 2.25. The number of hydrogen-bond donors (Lipinski definition) is 3. The summed E-state index contributed by atoms with van der Waals surface area (Å²) in [6.07, 6.45) is 3.74. The number of rotatable bonds is 5. The van der Waals surface area contributed by atoms with E-state index in [9.17, 15) is 9.59 Å². The first-order chi connectivity index (χ1) is 7.99. The third-order valence-corrected chi connectivity index (χ3v) is 3.23. The topological polar surface area (TPSA) is 92.4 Å². The molecule has 0 heterocycles. The zero-order chi connectivity index (χ0) is 12.8. The summed E-state index contributed by atoms with van der Waals surface area (Å²) in [5.41, 5.74) is 5.83. The number of nitrogens with one attached hydrogen (secondary N) is 1. The molecule has 1 aliphatic rings. The van der Waals surface area contributed by atoms with Crippen LogP contribution in [0.1, 0.15) is 39.0 Å². The van der Waals surface area contributed by atoms with Crippen LogP contribution in [0.2, 0.25) is 0 Å². The van der Waals surface area contributed by atoms with E-state index in [0.29, 0.717) is 6.54 Å². The number of carbonyl (C=O) groups is 2. The third-order valence-electron chi connectivity index (χ3n) is 3.23. The van der Waals surface area contributed by atoms with Crippen LogP contribution in [0.3, 0.4) is 0 Å². The zero-order valence-corrected chi connectivity index (χ0v) is 10.3. The standard InChI is InChI=1S/C12H22N2O3/c1-8(5-11(15)16)7-14-12(17)9-3-2-4-10(13)6-9/h8-10H,2-7,13H2,1H3,(H,14,17)(H,15,16). The van der Waals surface area contributed by atoms with Gasteiger partial charge in [0.1, 0.15) is 0 Å². The van der Waals surface area contributed by atoms with Gasteiger partial charge in [0.05, 0.1) is 0 Å². The molecule has 0 bridgehead atoms. The lowest BCUT2D eigenvalue weighted by Gasteiger charge is -2.26. The van der Waals surface area contributed by atoms with Crippen LogP contribution >= 0.6 is 0 Å². The summed E-state index contributed by atoms with van der Waals surface area (Å²) in [6.45, 7) is 2.25. The van der Waals surface area contributed by atoms with Crippen LogP contribution in [0.25, 0.3) is 0 Å². The SMILES string of the molecule is CC(CNC(=O)C1CCCC(N)C1)CC(=O)O. The normalized spacial score (nSPS) is 26.2. The molecule has 17 heavy (non-hydrogen) atoms. The van der Waals surface area contributed by atoms with E-state index >= 15 is 0 Å². The predicted molar refractivity (Wildman–Crippen MR) is 64.4 cm³/mol. The molecule has 1 fully saturated rings. The van der Waals surface area contributed by atoms with Crippen LogP contribution < -0.4 is 11.1 Å². The molecule has 0 aliphatic heterocycles. The summed E-state index contributed by atoms with van der Waals surface area (Å²) in [5.74, 6) is -0.826. The van der Waals surface area contributed by atoms with Crippen LogP contribution in [0, 0.1) is 11.8 Å². The summed E-state index contributed by atoms with van der Waals surface area (Å²) in [5, 5.41) is 11.4. The first-order valence-corrected chi connectivity index (χ1v) is 6.24. The Bertz CT molecular complexity index is 281. The van der Waals surface area contributed by atoms with Crippen molar-refractivity contribution in [2.75, 3.05) is 6.54 Å². The Morgan fingerprint density at radius 2 is 2.18 bits per heavy atom. The van der Waals surface area contributed by atoms with Crippen molar-refractivity contribution in [3.63, 3.8) is 0 Å². The summed E-state index contributed by atoms with van der Waals surface area (Å²) in [4.78, 5) is 22.3. The molecule has 0 aromatic heterocycles. The van der Waals surface area contributed by atoms with Gasteiger partial charge in [0.25, 0.3) is 0 Å². The number of nitrogens with two attached hydrogens (primary N) is 1. The molecule has 4 N–H and O–H groups in total. The molecule has 0 aromatic carbocycles. The van der Waals surface area contributed by atoms with Gasteiger partial charge in [0, 0.05) is 24.9 Å². The second-order valence-corrected chi connectivity index (χ2v) is 5.07. The molecular weight excluding hydrogens is 220 g/mol. The Labute approximate surface area is 102 Å². The van der Waals surface area contributed by atoms with Crippen molar-refractivity contribution in [3.8, 4) is 0 Å². The number of carbonyl (C=O) groups excluding carboxylic acids is 1. The van der Waals surface area contributed by atoms with Crippen molar-refractivity contribution < 1.29 is 14.7 Å². The summed E-state index contributed by atoms with van der Waals surface area (Å²) >= 11 is 0. The molecular formula is C12H22N2O3. The van der Waals surface area contributed by atoms with Gasteiger partial charge in [0.15, 0.2) is 0 Å². The van der Waals surface area contributed by atoms with Gasteiger partial charge >= 0.3 is 5.97 Å². The van der Waals surface area contributed by atoms with E-state index in [1.54, 1.807) is 0 Å². The molecule has 0 spiro atoms. The molecule has 1 saturated carbocycles. The summed E-state index contributed by atoms with van der Waals surface area (Å²) in [6, 6.07) is 0.135. The molecule has 98 valence electrons. The Morgan fingerprint density at radius 3 is 2.76 bits per heavy atom. The molecule has 5 heteroatoms. The van der Waals surface area contributed by atoms with Crippen molar-refractivity contribution in [1.82, 2.24) is 5.32 Å². The van der Waals surface area contributed by atoms with Crippen molar-refractivity contribution in [2.45, 2.75) is 45.1 Å². The number of hydrogen-bond acceptors (Lipinski definition) is 3. The Balaban J connectivity index is 2.26.